The summed E-state index contributed by atoms with van der Waals surface area (Å²) in [6, 6.07) is 93.9. The molecule has 10 aromatic carbocycles. The van der Waals surface area contributed by atoms with Crippen molar-refractivity contribution in [1.29, 1.82) is 0 Å². The number of carbonyl (C=O) groups excluding carboxylic acids is 2. The maximum atomic E-state index is 13.8. The van der Waals surface area contributed by atoms with E-state index in [2.05, 4.69) is 286 Å². The number of nitrogens with zero attached hydrogens (tertiary/aromatic N) is 4. The Morgan fingerprint density at radius 1 is 0.233 bits per heavy atom. The van der Waals surface area contributed by atoms with Gasteiger partial charge in [-0.2, -0.15) is 17.5 Å². The van der Waals surface area contributed by atoms with Gasteiger partial charge in [0.05, 0.1) is 83.4 Å². The second-order valence-electron chi connectivity index (χ2n) is 43.7. The summed E-state index contributed by atoms with van der Waals surface area (Å²) in [7, 11) is 0. The van der Waals surface area contributed by atoms with Gasteiger partial charge in [0, 0.05) is 41.8 Å². The fourth-order valence-corrected chi connectivity index (χ4v) is 35.3. The van der Waals surface area contributed by atoms with E-state index in [1.54, 1.807) is 22.7 Å². The number of hydrogen-bond acceptors (Lipinski definition) is 13. The van der Waals surface area contributed by atoms with Gasteiger partial charge in [0.15, 0.2) is 12.6 Å². The molecule has 0 atom stereocenters. The van der Waals surface area contributed by atoms with Crippen LogP contribution in [-0.4, -0.2) is 21.3 Å². The smallest absolute Gasteiger partial charge is 0.160 e. The van der Waals surface area contributed by atoms with Gasteiger partial charge in [-0.25, -0.2) is 0 Å². The van der Waals surface area contributed by atoms with Crippen LogP contribution in [0.2, 0.25) is 0 Å². The van der Waals surface area contributed by atoms with E-state index in [0.29, 0.717) is 0 Å². The molecule has 17 aromatic rings. The van der Waals surface area contributed by atoms with Crippen molar-refractivity contribution >= 4 is 135 Å². The minimum Gasteiger partial charge on any atom is -0.297 e. The van der Waals surface area contributed by atoms with Gasteiger partial charge in [0.1, 0.15) is 22.4 Å². The summed E-state index contributed by atoms with van der Waals surface area (Å²) in [5, 5.41) is 0. The average molecular weight is 2120 g/mol. The number of aryl methyl sites for hydroxylation is 8. The van der Waals surface area contributed by atoms with Crippen molar-refractivity contribution in [2.75, 3.05) is 0 Å². The lowest BCUT2D eigenvalue weighted by molar-refractivity contribution is 0.111. The highest BCUT2D eigenvalue weighted by Gasteiger charge is 2.58. The molecule has 1 aliphatic heterocycles. The van der Waals surface area contributed by atoms with Gasteiger partial charge in [-0.05, 0) is 273 Å². The molecule has 0 fully saturated rings. The zero-order valence-corrected chi connectivity index (χ0v) is 95.8. The predicted octanol–water partition coefficient (Wildman–Crippen LogP) is 41.3. The van der Waals surface area contributed by atoms with Crippen molar-refractivity contribution in [2.45, 2.75) is 334 Å². The van der Waals surface area contributed by atoms with Gasteiger partial charge in [-0.1, -0.05) is 404 Å². The third-order valence-electron chi connectivity index (χ3n) is 34.0. The van der Waals surface area contributed by atoms with Crippen LogP contribution >= 0.6 is 79.7 Å². The number of carbonyl (C=O) groups is 2. The molecule has 0 saturated heterocycles. The average Bonchev–Trinajstić information content (AvgIpc) is 1.49. The van der Waals surface area contributed by atoms with Crippen LogP contribution in [0.3, 0.4) is 0 Å². The Bertz CT molecular complexity index is 7510. The van der Waals surface area contributed by atoms with Crippen LogP contribution in [0.4, 0.5) is 11.4 Å². The topological polar surface area (TPSA) is 84.6 Å². The van der Waals surface area contributed by atoms with Gasteiger partial charge in [0.2, 0.25) is 0 Å². The summed E-state index contributed by atoms with van der Waals surface area (Å²) in [4.78, 5) is 38.7. The first-order valence-electron chi connectivity index (χ1n) is 57.4. The van der Waals surface area contributed by atoms with Crippen molar-refractivity contribution in [1.82, 2.24) is 8.75 Å². The lowest BCUT2D eigenvalue weighted by Crippen LogP contribution is -2.30. The van der Waals surface area contributed by atoms with Crippen LogP contribution in [0.5, 0.6) is 0 Å². The number of hydrogen-bond donors (Lipinski definition) is 0. The van der Waals surface area contributed by atoms with Crippen LogP contribution in [0, 0.1) is 0 Å². The van der Waals surface area contributed by atoms with E-state index in [4.69, 9.17) is 17.5 Å². The molecule has 0 unspecified atom stereocenters. The zero-order chi connectivity index (χ0) is 102. The molecule has 7 aromatic heterocycles. The Labute approximate surface area is 923 Å². The standard InChI is InChI=1S/C136H144N4O2S8/c1-9-17-25-33-41-89-49-65-97(66-50-89)133(98-67-51-90(52-68-98)42-34-26-18-10-2)109-84-108-110(83-107(109)125-111(133)81-105(87-141)143-125)134(99-69-53-91(54-70-99)43-35-27-19-11-3,100-71-55-92(56-72-100)44-36-28-20-12-4)113-85-115(145-126(108)113)117-121-123(139-149-137-121)118(124-122(117)138-150-140-124)116-86-114-128(146-116)130-120(136(114,103-77-61-95(62-78-103)47-39-31-23-15-7)104-79-63-96(64-80-104)48-40-32-24-16-8)132-131(148-130)119-129(147-132)127-112(82-106(88-142)144-127)135(119,101-73-57-93(58-74-101)45-37-29-21-13-5)102-75-59-94(60-76-102)46-38-30-22-14-6/h49-88H,9-48H2,1-8H3. The maximum Gasteiger partial charge on any atom is 0.160 e. The molecule has 8 heterocycles. The summed E-state index contributed by atoms with van der Waals surface area (Å²) in [6.07, 6.45) is 49.1. The zero-order valence-electron chi connectivity index (χ0n) is 89.2. The van der Waals surface area contributed by atoms with E-state index in [0.717, 1.165) is 156 Å². The quantitative estimate of drug-likeness (QED) is 0.0281. The number of thiophene rings is 6. The molecule has 22 rings (SSSR count). The minimum absolute atomic E-state index is 0.741. The van der Waals surface area contributed by atoms with Crippen LogP contribution in [0.1, 0.15) is 414 Å². The van der Waals surface area contributed by atoms with Gasteiger partial charge < -0.3 is 0 Å². The van der Waals surface area contributed by atoms with Crippen molar-refractivity contribution in [3.63, 3.8) is 0 Å². The Kier molecular flexibility index (Phi) is 32.2. The van der Waals surface area contributed by atoms with Gasteiger partial charge in [-0.3, -0.25) is 9.59 Å². The van der Waals surface area contributed by atoms with E-state index >= 15 is 0 Å². The monoisotopic (exact) mass is 2120 g/mol. The van der Waals surface area contributed by atoms with Crippen LogP contribution in [0.25, 0.3) is 81.7 Å². The molecule has 0 saturated carbocycles. The van der Waals surface area contributed by atoms with Gasteiger partial charge in [0.25, 0.3) is 0 Å². The first-order chi connectivity index (χ1) is 73.9. The van der Waals surface area contributed by atoms with Crippen molar-refractivity contribution < 1.29 is 9.59 Å². The summed E-state index contributed by atoms with van der Waals surface area (Å²) in [5.41, 5.74) is 35.8. The SMILES string of the molecule is CCCCCCc1ccc(C2(c3ccc(CCCCCC)cc3)c3cc4c(cc3-c3sc(C=O)cc32)C(c2ccc(CCCCCC)cc2)(c2ccc(CCCCCC)cc2)c2cc(-c3c5c(c(-c6cc7c(s6)-c6sc8c9c(sc8c6C7(c6ccc(CCCCCC)cc6)c6ccc(CCCCCC)cc6)-c6sc(C=O)cc6C9(c6ccc(CCCCCC)cc6)c6ccc(CCCCCC)cc6)c6nsnc36)N=S=N5)sc2-4)cc1. The van der Waals surface area contributed by atoms with E-state index in [-0.39, 0.29) is 0 Å². The predicted molar refractivity (Wildman–Crippen MR) is 647 cm³/mol. The third-order valence-corrected chi connectivity index (χ3v) is 42.4. The highest BCUT2D eigenvalue weighted by atomic mass is 32.1. The Morgan fingerprint density at radius 2 is 0.467 bits per heavy atom. The highest BCUT2D eigenvalue weighted by Crippen LogP contribution is 2.73. The lowest BCUT2D eigenvalue weighted by atomic mass is 9.65. The molecular weight excluding hydrogens is 1980 g/mol. The van der Waals surface area contributed by atoms with E-state index < -0.39 is 21.7 Å². The molecular formula is C136H144N4O2S8. The second-order valence-corrected chi connectivity index (χ2v) is 51.0. The van der Waals surface area contributed by atoms with Crippen molar-refractivity contribution in [3.05, 3.63) is 374 Å². The van der Waals surface area contributed by atoms with E-state index in [1.165, 1.54) is 373 Å². The molecule has 6 nitrogen and oxygen atoms in total. The third kappa shape index (κ3) is 18.8. The van der Waals surface area contributed by atoms with Crippen molar-refractivity contribution in [2.24, 2.45) is 8.73 Å². The summed E-state index contributed by atoms with van der Waals surface area (Å²) >= 11 is 13.8. The molecule has 0 radical (unpaired) electrons. The van der Waals surface area contributed by atoms with Crippen molar-refractivity contribution in [3.8, 4) is 61.3 Å². The summed E-state index contributed by atoms with van der Waals surface area (Å²) in [6.45, 7) is 18.5. The number of aldehydes is 2. The number of fused-ring (bicyclic) bond motifs is 17. The molecule has 0 amide bonds. The largest absolute Gasteiger partial charge is 0.297 e. The van der Waals surface area contributed by atoms with Gasteiger partial charge >= 0.3 is 0 Å². The Balaban J connectivity index is 0.769. The normalized spacial score (nSPS) is 14.2. The van der Waals surface area contributed by atoms with E-state index in [9.17, 15) is 9.59 Å². The Hall–Kier alpha value is -10.4. The Morgan fingerprint density at radius 3 is 0.740 bits per heavy atom. The number of unbranched alkanes of at least 4 members (excludes halogenated alkanes) is 24. The molecule has 0 bridgehead atoms. The van der Waals surface area contributed by atoms with Crippen LogP contribution < -0.4 is 0 Å². The molecule has 14 heteroatoms. The van der Waals surface area contributed by atoms with Crippen LogP contribution in [-0.2, 0) is 84.4 Å². The molecule has 5 aliphatic rings. The lowest BCUT2D eigenvalue weighted by Gasteiger charge is -2.35. The molecule has 0 N–H and O–H groups in total. The number of benzene rings is 10. The highest BCUT2D eigenvalue weighted by molar-refractivity contribution is 7.58. The fourth-order valence-electron chi connectivity index (χ4n) is 26.2. The second kappa shape index (κ2) is 46.5. The molecule has 768 valence electrons. The summed E-state index contributed by atoms with van der Waals surface area (Å²) < 4.78 is 25.2. The first kappa shape index (κ1) is 104. The van der Waals surface area contributed by atoms with Crippen LogP contribution in [0.15, 0.2) is 239 Å². The fraction of sp³-hybridized carbons (Fsp3) is 0.382. The summed E-state index contributed by atoms with van der Waals surface area (Å²) in [5.74, 6) is 0. The van der Waals surface area contributed by atoms with E-state index in [1.807, 2.05) is 45.3 Å². The minimum atomic E-state index is -0.821. The number of rotatable bonds is 52. The number of aromatic nitrogens is 2. The molecule has 0 spiro atoms. The molecule has 4 aliphatic carbocycles. The molecule has 150 heavy (non-hydrogen) atoms. The maximum absolute atomic E-state index is 13.8. The first-order valence-corrected chi connectivity index (χ1v) is 63.8. The van der Waals surface area contributed by atoms with Gasteiger partial charge in [-0.15, -0.1) is 68.0 Å².